The Bertz CT molecular complexity index is 335. The lowest BCUT2D eigenvalue weighted by Crippen LogP contribution is -2.41. The Hall–Kier alpha value is -0.130. The minimum absolute atomic E-state index is 0.306. The summed E-state index contributed by atoms with van der Waals surface area (Å²) in [6.45, 7) is 10.1. The summed E-state index contributed by atoms with van der Waals surface area (Å²) in [6.07, 6.45) is 3.18. The van der Waals surface area contributed by atoms with Crippen LogP contribution in [0, 0.1) is 5.92 Å². The molecule has 0 saturated carbocycles. The van der Waals surface area contributed by atoms with Gasteiger partial charge in [0.05, 0.1) is 5.75 Å². The molecule has 1 saturated heterocycles. The van der Waals surface area contributed by atoms with Crippen LogP contribution in [0.5, 0.6) is 0 Å². The van der Waals surface area contributed by atoms with E-state index in [9.17, 15) is 8.42 Å². The molecule has 0 aromatic rings. The predicted octanol–water partition coefficient (Wildman–Crippen LogP) is 1.52. The molecular formula is C14H30N2O2S. The summed E-state index contributed by atoms with van der Waals surface area (Å²) in [4.78, 5) is 2.32. The van der Waals surface area contributed by atoms with Crippen molar-refractivity contribution in [1.82, 2.24) is 10.2 Å². The van der Waals surface area contributed by atoms with E-state index in [2.05, 4.69) is 24.1 Å². The van der Waals surface area contributed by atoms with Gasteiger partial charge in [0.25, 0.3) is 0 Å². The van der Waals surface area contributed by atoms with Gasteiger partial charge in [0.1, 0.15) is 0 Å². The quantitative estimate of drug-likeness (QED) is 0.699. The Labute approximate surface area is 118 Å². The topological polar surface area (TPSA) is 49.4 Å². The van der Waals surface area contributed by atoms with Crippen LogP contribution >= 0.6 is 0 Å². The number of nitrogens with one attached hydrogen (secondary N) is 1. The van der Waals surface area contributed by atoms with Crippen LogP contribution in [0.15, 0.2) is 0 Å². The molecule has 1 aliphatic rings. The van der Waals surface area contributed by atoms with Crippen molar-refractivity contribution in [2.45, 2.75) is 46.1 Å². The molecule has 1 unspecified atom stereocenters. The zero-order valence-corrected chi connectivity index (χ0v) is 13.5. The van der Waals surface area contributed by atoms with Crippen LogP contribution in [-0.4, -0.2) is 57.0 Å². The molecule has 1 fully saturated rings. The lowest BCUT2D eigenvalue weighted by Gasteiger charge is -2.27. The van der Waals surface area contributed by atoms with Crippen molar-refractivity contribution in [3.63, 3.8) is 0 Å². The minimum Gasteiger partial charge on any atom is -0.313 e. The van der Waals surface area contributed by atoms with Crippen molar-refractivity contribution in [2.24, 2.45) is 5.92 Å². The van der Waals surface area contributed by atoms with Gasteiger partial charge in [-0.05, 0) is 31.7 Å². The molecule has 1 N–H and O–H groups in total. The molecule has 114 valence electrons. The van der Waals surface area contributed by atoms with E-state index in [-0.39, 0.29) is 0 Å². The Kier molecular flexibility index (Phi) is 7.32. The average molecular weight is 290 g/mol. The summed E-state index contributed by atoms with van der Waals surface area (Å²) in [5.74, 6) is 1.21. The van der Waals surface area contributed by atoms with Crippen molar-refractivity contribution in [3.8, 4) is 0 Å². The van der Waals surface area contributed by atoms with Crippen LogP contribution in [0.1, 0.15) is 40.0 Å². The molecule has 0 amide bonds. The van der Waals surface area contributed by atoms with Crippen LogP contribution in [0.25, 0.3) is 0 Å². The molecule has 4 nitrogen and oxygen atoms in total. The Balaban J connectivity index is 2.44. The molecule has 5 heteroatoms. The van der Waals surface area contributed by atoms with Gasteiger partial charge in [0, 0.05) is 31.4 Å². The van der Waals surface area contributed by atoms with Crippen LogP contribution in [0.4, 0.5) is 0 Å². The maximum absolute atomic E-state index is 11.8. The van der Waals surface area contributed by atoms with E-state index < -0.39 is 9.84 Å². The normalized spacial score (nSPS) is 20.6. The molecule has 0 radical (unpaired) electrons. The van der Waals surface area contributed by atoms with E-state index in [0.29, 0.717) is 30.0 Å². The fourth-order valence-electron chi connectivity index (χ4n) is 2.68. The molecule has 1 heterocycles. The molecule has 0 spiro atoms. The van der Waals surface area contributed by atoms with E-state index in [0.717, 1.165) is 26.1 Å². The first kappa shape index (κ1) is 16.9. The largest absolute Gasteiger partial charge is 0.313 e. The predicted molar refractivity (Wildman–Crippen MR) is 81.2 cm³/mol. The Morgan fingerprint density at radius 2 is 2.05 bits per heavy atom. The second kappa shape index (κ2) is 8.22. The second-order valence-corrected chi connectivity index (χ2v) is 8.40. The zero-order chi connectivity index (χ0) is 14.3. The third-order valence-electron chi connectivity index (χ3n) is 3.50. The van der Waals surface area contributed by atoms with E-state index in [1.807, 2.05) is 6.92 Å². The summed E-state index contributed by atoms with van der Waals surface area (Å²) in [7, 11) is -2.86. The van der Waals surface area contributed by atoms with Gasteiger partial charge in [-0.2, -0.15) is 0 Å². The molecule has 1 aliphatic heterocycles. The fraction of sp³-hybridized carbons (Fsp3) is 1.00. The van der Waals surface area contributed by atoms with Crippen molar-refractivity contribution >= 4 is 9.84 Å². The van der Waals surface area contributed by atoms with Crippen molar-refractivity contribution in [1.29, 1.82) is 0 Å². The second-order valence-electron chi connectivity index (χ2n) is 6.10. The van der Waals surface area contributed by atoms with Crippen LogP contribution < -0.4 is 5.32 Å². The first-order valence-corrected chi connectivity index (χ1v) is 9.41. The van der Waals surface area contributed by atoms with Gasteiger partial charge in [-0.1, -0.05) is 20.8 Å². The van der Waals surface area contributed by atoms with Gasteiger partial charge in [-0.25, -0.2) is 8.42 Å². The molecule has 19 heavy (non-hydrogen) atoms. The smallest absolute Gasteiger partial charge is 0.151 e. The summed E-state index contributed by atoms with van der Waals surface area (Å²) < 4.78 is 23.6. The highest BCUT2D eigenvalue weighted by atomic mass is 32.2. The molecule has 1 atom stereocenters. The van der Waals surface area contributed by atoms with Crippen molar-refractivity contribution < 1.29 is 8.42 Å². The SMILES string of the molecule is CCCS(=O)(=O)CCN(CC(C)C)CC1CCCN1. The maximum Gasteiger partial charge on any atom is 0.151 e. The molecule has 0 bridgehead atoms. The number of hydrogen-bond donors (Lipinski definition) is 1. The highest BCUT2D eigenvalue weighted by molar-refractivity contribution is 7.91. The molecular weight excluding hydrogens is 260 g/mol. The van der Waals surface area contributed by atoms with E-state index in [4.69, 9.17) is 0 Å². The lowest BCUT2D eigenvalue weighted by molar-refractivity contribution is 0.235. The standard InChI is InChI=1S/C14H30N2O2S/c1-4-9-19(17,18)10-8-16(11-13(2)3)12-14-6-5-7-15-14/h13-15H,4-12H2,1-3H3. The molecule has 1 rings (SSSR count). The van der Waals surface area contributed by atoms with Crippen LogP contribution in [0.2, 0.25) is 0 Å². The van der Waals surface area contributed by atoms with Gasteiger partial charge in [0.15, 0.2) is 9.84 Å². The Morgan fingerprint density at radius 3 is 2.58 bits per heavy atom. The lowest BCUT2D eigenvalue weighted by atomic mass is 10.1. The van der Waals surface area contributed by atoms with E-state index in [1.54, 1.807) is 0 Å². The van der Waals surface area contributed by atoms with Crippen LogP contribution in [-0.2, 0) is 9.84 Å². The summed E-state index contributed by atoms with van der Waals surface area (Å²) >= 11 is 0. The highest BCUT2D eigenvalue weighted by Gasteiger charge is 2.20. The molecule has 0 aromatic carbocycles. The summed E-state index contributed by atoms with van der Waals surface area (Å²) in [5, 5.41) is 3.49. The minimum atomic E-state index is -2.86. The van der Waals surface area contributed by atoms with Gasteiger partial charge < -0.3 is 10.2 Å². The highest BCUT2D eigenvalue weighted by Crippen LogP contribution is 2.09. The van der Waals surface area contributed by atoms with Gasteiger partial charge >= 0.3 is 0 Å². The number of nitrogens with zero attached hydrogens (tertiary/aromatic N) is 1. The third-order valence-corrected chi connectivity index (χ3v) is 5.33. The van der Waals surface area contributed by atoms with Gasteiger partial charge in [-0.15, -0.1) is 0 Å². The van der Waals surface area contributed by atoms with Crippen molar-refractivity contribution in [3.05, 3.63) is 0 Å². The average Bonchev–Trinajstić information content (AvgIpc) is 2.78. The first-order chi connectivity index (χ1) is 8.93. The van der Waals surface area contributed by atoms with Gasteiger partial charge in [-0.3, -0.25) is 0 Å². The number of sulfone groups is 1. The molecule has 0 aliphatic carbocycles. The number of rotatable bonds is 9. The third kappa shape index (κ3) is 7.28. The van der Waals surface area contributed by atoms with Crippen molar-refractivity contribution in [2.75, 3.05) is 37.7 Å². The van der Waals surface area contributed by atoms with Gasteiger partial charge in [0.2, 0.25) is 0 Å². The van der Waals surface area contributed by atoms with Crippen LogP contribution in [0.3, 0.4) is 0 Å². The Morgan fingerprint density at radius 1 is 1.32 bits per heavy atom. The summed E-state index contributed by atoms with van der Waals surface area (Å²) in [5.41, 5.74) is 0. The van der Waals surface area contributed by atoms with E-state index in [1.165, 1.54) is 12.8 Å². The zero-order valence-electron chi connectivity index (χ0n) is 12.7. The van der Waals surface area contributed by atoms with E-state index >= 15 is 0 Å². The summed E-state index contributed by atoms with van der Waals surface area (Å²) in [6, 6.07) is 0.549. The monoisotopic (exact) mass is 290 g/mol. The number of hydrogen-bond acceptors (Lipinski definition) is 4. The fourth-order valence-corrected chi connectivity index (χ4v) is 4.04. The first-order valence-electron chi connectivity index (χ1n) is 7.59. The maximum atomic E-state index is 11.8. The molecule has 0 aromatic heterocycles.